The maximum atomic E-state index is 11.4. The number of nitrogens with one attached hydrogen (secondary N) is 1. The number of halogens is 1. The summed E-state index contributed by atoms with van der Waals surface area (Å²) in [5.74, 6) is -1.35. The normalized spacial score (nSPS) is 13.4. The van der Waals surface area contributed by atoms with E-state index in [-0.39, 0.29) is 13.2 Å². The van der Waals surface area contributed by atoms with Gasteiger partial charge in [0, 0.05) is 3.57 Å². The summed E-state index contributed by atoms with van der Waals surface area (Å²) in [6, 6.07) is 7.16. The van der Waals surface area contributed by atoms with Gasteiger partial charge in [0.05, 0.1) is 6.54 Å². The first-order valence-electron chi connectivity index (χ1n) is 5.42. The van der Waals surface area contributed by atoms with Crippen molar-refractivity contribution in [2.24, 2.45) is 0 Å². The van der Waals surface area contributed by atoms with Crippen molar-refractivity contribution in [3.8, 4) is 5.75 Å². The van der Waals surface area contributed by atoms with Crippen LogP contribution in [0, 0.1) is 3.57 Å². The minimum Gasteiger partial charge on any atom is -0.484 e. The van der Waals surface area contributed by atoms with Gasteiger partial charge in [0.1, 0.15) is 5.75 Å². The Morgan fingerprint density at radius 3 is 2.74 bits per heavy atom. The molecule has 0 spiro atoms. The molecule has 7 heteroatoms. The summed E-state index contributed by atoms with van der Waals surface area (Å²) in [6.07, 6.45) is 0. The number of ether oxygens (including phenoxy) is 1. The molecular weight excluding hydrogens is 365 g/mol. The van der Waals surface area contributed by atoms with E-state index in [0.29, 0.717) is 5.75 Å². The van der Waals surface area contributed by atoms with Gasteiger partial charge < -0.3 is 20.3 Å². The highest BCUT2D eigenvalue weighted by molar-refractivity contribution is 14.1. The van der Waals surface area contributed by atoms with Crippen LogP contribution in [0.1, 0.15) is 6.92 Å². The van der Waals surface area contributed by atoms with Crippen LogP contribution in [-0.2, 0) is 9.59 Å². The largest absolute Gasteiger partial charge is 0.484 e. The zero-order valence-corrected chi connectivity index (χ0v) is 12.4. The number of rotatable bonds is 6. The van der Waals surface area contributed by atoms with Crippen LogP contribution in [0.5, 0.6) is 5.75 Å². The maximum Gasteiger partial charge on any atom is 0.337 e. The van der Waals surface area contributed by atoms with E-state index in [4.69, 9.17) is 9.84 Å². The van der Waals surface area contributed by atoms with Gasteiger partial charge in [-0.1, -0.05) is 6.07 Å². The summed E-state index contributed by atoms with van der Waals surface area (Å²) >= 11 is 2.12. The second-order valence-electron chi connectivity index (χ2n) is 4.10. The average Bonchev–Trinajstić information content (AvgIpc) is 2.34. The molecular formula is C12H14INO5. The monoisotopic (exact) mass is 379 g/mol. The quantitative estimate of drug-likeness (QED) is 0.630. The lowest BCUT2D eigenvalue weighted by molar-refractivity contribution is -0.156. The first-order chi connectivity index (χ1) is 8.81. The number of amides is 1. The molecule has 19 heavy (non-hydrogen) atoms. The van der Waals surface area contributed by atoms with Gasteiger partial charge in [-0.2, -0.15) is 0 Å². The lowest BCUT2D eigenvalue weighted by Gasteiger charge is -2.18. The molecule has 1 amide bonds. The predicted octanol–water partition coefficient (Wildman–Crippen LogP) is 0.622. The van der Waals surface area contributed by atoms with Gasteiger partial charge in [-0.3, -0.25) is 4.79 Å². The van der Waals surface area contributed by atoms with Crippen molar-refractivity contribution in [3.63, 3.8) is 0 Å². The number of carboxylic acids is 1. The molecule has 1 aromatic rings. The van der Waals surface area contributed by atoms with Gasteiger partial charge >= 0.3 is 5.97 Å². The molecule has 1 aromatic carbocycles. The molecule has 3 N–H and O–H groups in total. The number of carbonyl (C=O) groups is 2. The van der Waals surface area contributed by atoms with Gasteiger partial charge in [-0.25, -0.2) is 4.79 Å². The molecule has 104 valence electrons. The van der Waals surface area contributed by atoms with Crippen molar-refractivity contribution in [2.75, 3.05) is 13.2 Å². The van der Waals surface area contributed by atoms with Crippen molar-refractivity contribution >= 4 is 34.5 Å². The van der Waals surface area contributed by atoms with Gasteiger partial charge in [0.25, 0.3) is 5.91 Å². The summed E-state index contributed by atoms with van der Waals surface area (Å²) in [4.78, 5) is 22.0. The Kier molecular flexibility index (Phi) is 5.55. The molecule has 0 bridgehead atoms. The third-order valence-electron chi connectivity index (χ3n) is 2.26. The minimum absolute atomic E-state index is 0.240. The fourth-order valence-electron chi connectivity index (χ4n) is 1.10. The van der Waals surface area contributed by atoms with Crippen LogP contribution in [-0.4, -0.2) is 40.8 Å². The Morgan fingerprint density at radius 1 is 1.47 bits per heavy atom. The smallest absolute Gasteiger partial charge is 0.337 e. The first-order valence-corrected chi connectivity index (χ1v) is 6.50. The summed E-state index contributed by atoms with van der Waals surface area (Å²) in [7, 11) is 0. The molecule has 0 saturated heterocycles. The standard InChI is InChI=1S/C12H14INO5/c1-12(18,11(16)17)7-14-10(15)6-19-9-4-2-3-8(13)5-9/h2-5,18H,6-7H2,1H3,(H,14,15)(H,16,17). The van der Waals surface area contributed by atoms with Crippen LogP contribution in [0.15, 0.2) is 24.3 Å². The highest BCUT2D eigenvalue weighted by atomic mass is 127. The third-order valence-corrected chi connectivity index (χ3v) is 2.93. The zero-order valence-electron chi connectivity index (χ0n) is 10.2. The van der Waals surface area contributed by atoms with Gasteiger partial charge in [-0.15, -0.1) is 0 Å². The number of aliphatic hydroxyl groups is 1. The van der Waals surface area contributed by atoms with Gasteiger partial charge in [0.15, 0.2) is 12.2 Å². The summed E-state index contributed by atoms with van der Waals surface area (Å²) in [5, 5.41) is 20.4. The van der Waals surface area contributed by atoms with E-state index >= 15 is 0 Å². The van der Waals surface area contributed by atoms with Crippen LogP contribution < -0.4 is 10.1 Å². The van der Waals surface area contributed by atoms with E-state index in [2.05, 4.69) is 27.9 Å². The Labute approximate surface area is 123 Å². The fourth-order valence-corrected chi connectivity index (χ4v) is 1.62. The molecule has 0 saturated carbocycles. The number of carbonyl (C=O) groups excluding carboxylic acids is 1. The number of carboxylic acid groups (broad SMARTS) is 1. The van der Waals surface area contributed by atoms with E-state index in [0.717, 1.165) is 10.5 Å². The molecule has 6 nitrogen and oxygen atoms in total. The van der Waals surface area contributed by atoms with Gasteiger partial charge in [0.2, 0.25) is 0 Å². The first kappa shape index (κ1) is 15.7. The molecule has 0 radical (unpaired) electrons. The molecule has 0 heterocycles. The Hall–Kier alpha value is -1.35. The zero-order chi connectivity index (χ0) is 14.5. The molecule has 0 aliphatic heterocycles. The summed E-state index contributed by atoms with van der Waals surface area (Å²) < 4.78 is 6.20. The molecule has 1 unspecified atom stereocenters. The Bertz CT molecular complexity index is 475. The molecule has 1 atom stereocenters. The number of hydrogen-bond acceptors (Lipinski definition) is 4. The van der Waals surface area contributed by atoms with Crippen molar-refractivity contribution in [2.45, 2.75) is 12.5 Å². The lowest BCUT2D eigenvalue weighted by atomic mass is 10.1. The fraction of sp³-hybridized carbons (Fsp3) is 0.333. The third kappa shape index (κ3) is 5.43. The summed E-state index contributed by atoms with van der Waals surface area (Å²) in [5.41, 5.74) is -1.99. The lowest BCUT2D eigenvalue weighted by Crippen LogP contribution is -2.47. The van der Waals surface area contributed by atoms with Crippen LogP contribution in [0.2, 0.25) is 0 Å². The van der Waals surface area contributed by atoms with Crippen LogP contribution in [0.4, 0.5) is 0 Å². The van der Waals surface area contributed by atoms with Crippen molar-refractivity contribution < 1.29 is 24.5 Å². The topological polar surface area (TPSA) is 95.9 Å². The van der Waals surface area contributed by atoms with Crippen LogP contribution >= 0.6 is 22.6 Å². The molecule has 0 fully saturated rings. The van der Waals surface area contributed by atoms with E-state index in [9.17, 15) is 14.7 Å². The summed E-state index contributed by atoms with van der Waals surface area (Å²) in [6.45, 7) is 0.489. The minimum atomic E-state index is -1.99. The van der Waals surface area contributed by atoms with Crippen molar-refractivity contribution in [1.82, 2.24) is 5.32 Å². The second kappa shape index (κ2) is 6.71. The number of aliphatic carboxylic acids is 1. The molecule has 0 aromatic heterocycles. The highest BCUT2D eigenvalue weighted by Gasteiger charge is 2.30. The van der Waals surface area contributed by atoms with Crippen molar-refractivity contribution in [3.05, 3.63) is 27.8 Å². The Balaban J connectivity index is 2.39. The SMILES string of the molecule is CC(O)(CNC(=O)COc1cccc(I)c1)C(=O)O. The van der Waals surface area contributed by atoms with Crippen LogP contribution in [0.3, 0.4) is 0 Å². The highest BCUT2D eigenvalue weighted by Crippen LogP contribution is 2.14. The number of benzene rings is 1. The van der Waals surface area contributed by atoms with Crippen LogP contribution in [0.25, 0.3) is 0 Å². The predicted molar refractivity (Wildman–Crippen MR) is 75.9 cm³/mol. The maximum absolute atomic E-state index is 11.4. The van der Waals surface area contributed by atoms with E-state index < -0.39 is 17.5 Å². The molecule has 1 rings (SSSR count). The Morgan fingerprint density at radius 2 is 2.16 bits per heavy atom. The molecule has 0 aliphatic rings. The van der Waals surface area contributed by atoms with Crippen molar-refractivity contribution in [1.29, 1.82) is 0 Å². The second-order valence-corrected chi connectivity index (χ2v) is 5.35. The van der Waals surface area contributed by atoms with E-state index in [1.54, 1.807) is 18.2 Å². The number of hydrogen-bond donors (Lipinski definition) is 3. The van der Waals surface area contributed by atoms with E-state index in [1.807, 2.05) is 6.07 Å². The van der Waals surface area contributed by atoms with E-state index in [1.165, 1.54) is 0 Å². The van der Waals surface area contributed by atoms with Gasteiger partial charge in [-0.05, 0) is 47.7 Å². The average molecular weight is 379 g/mol. The molecule has 0 aliphatic carbocycles.